The maximum atomic E-state index is 5.52. The fourth-order valence-electron chi connectivity index (χ4n) is 1.51. The maximum absolute atomic E-state index is 5.52. The first-order chi connectivity index (χ1) is 7.90. The zero-order valence-corrected chi connectivity index (χ0v) is 8.74. The molecule has 0 fully saturated rings. The van der Waals surface area contributed by atoms with Crippen molar-refractivity contribution in [2.45, 2.75) is 12.5 Å². The third kappa shape index (κ3) is 2.59. The minimum absolute atomic E-state index is 0.0211. The minimum Gasteiger partial charge on any atom is -0.271 e. The Hall–Kier alpha value is -1.85. The zero-order chi connectivity index (χ0) is 11.2. The molecular formula is C11H13N5. The molecule has 82 valence electrons. The summed E-state index contributed by atoms with van der Waals surface area (Å²) in [5.74, 6) is 5.52. The number of hydrazine groups is 1. The van der Waals surface area contributed by atoms with Crippen molar-refractivity contribution < 1.29 is 0 Å². The fourth-order valence-corrected chi connectivity index (χ4v) is 1.51. The first kappa shape index (κ1) is 10.7. The number of hydrogen-bond acceptors (Lipinski definition) is 5. The first-order valence-electron chi connectivity index (χ1n) is 5.01. The highest BCUT2D eigenvalue weighted by Crippen LogP contribution is 2.13. The lowest BCUT2D eigenvalue weighted by Crippen LogP contribution is -2.30. The van der Waals surface area contributed by atoms with Crippen LogP contribution in [0.1, 0.15) is 17.3 Å². The second-order valence-corrected chi connectivity index (χ2v) is 3.42. The van der Waals surface area contributed by atoms with Gasteiger partial charge in [-0.1, -0.05) is 6.07 Å². The van der Waals surface area contributed by atoms with Crippen molar-refractivity contribution in [1.29, 1.82) is 0 Å². The Morgan fingerprint density at radius 1 is 1.25 bits per heavy atom. The molecule has 0 aromatic carbocycles. The lowest BCUT2D eigenvalue weighted by atomic mass is 10.1. The first-order valence-corrected chi connectivity index (χ1v) is 5.01. The minimum atomic E-state index is -0.0211. The van der Waals surface area contributed by atoms with Gasteiger partial charge in [-0.05, 0) is 24.1 Å². The van der Waals surface area contributed by atoms with Crippen LogP contribution in [-0.2, 0) is 6.42 Å². The number of rotatable bonds is 4. The predicted molar refractivity (Wildman–Crippen MR) is 60.0 cm³/mol. The maximum Gasteiger partial charge on any atom is 0.115 e. The third-order valence-electron chi connectivity index (χ3n) is 2.33. The molecular weight excluding hydrogens is 202 g/mol. The Kier molecular flexibility index (Phi) is 3.53. The second-order valence-electron chi connectivity index (χ2n) is 3.42. The lowest BCUT2D eigenvalue weighted by Gasteiger charge is -2.14. The average molecular weight is 215 g/mol. The standard InChI is InChI=1S/C11H13N5/c12-16-11(10-3-5-14-8-15-10)6-9-2-1-4-13-7-9/h1-5,7-8,11,16H,6,12H2. The summed E-state index contributed by atoms with van der Waals surface area (Å²) in [7, 11) is 0. The van der Waals surface area contributed by atoms with Gasteiger partial charge in [-0.15, -0.1) is 0 Å². The Labute approximate surface area is 93.7 Å². The summed E-state index contributed by atoms with van der Waals surface area (Å²) in [6, 6.07) is 5.75. The van der Waals surface area contributed by atoms with Gasteiger partial charge >= 0.3 is 0 Å². The molecule has 2 aromatic rings. The van der Waals surface area contributed by atoms with Crippen LogP contribution < -0.4 is 11.3 Å². The lowest BCUT2D eigenvalue weighted by molar-refractivity contribution is 0.536. The van der Waals surface area contributed by atoms with Crippen LogP contribution in [0.2, 0.25) is 0 Å². The molecule has 1 atom stereocenters. The number of hydrogen-bond donors (Lipinski definition) is 2. The molecule has 5 nitrogen and oxygen atoms in total. The van der Waals surface area contributed by atoms with Crippen molar-refractivity contribution in [1.82, 2.24) is 20.4 Å². The highest BCUT2D eigenvalue weighted by Gasteiger charge is 2.11. The van der Waals surface area contributed by atoms with E-state index in [9.17, 15) is 0 Å². The van der Waals surface area contributed by atoms with Crippen molar-refractivity contribution in [3.63, 3.8) is 0 Å². The molecule has 1 unspecified atom stereocenters. The smallest absolute Gasteiger partial charge is 0.115 e. The van der Waals surface area contributed by atoms with Crippen molar-refractivity contribution in [2.75, 3.05) is 0 Å². The highest BCUT2D eigenvalue weighted by atomic mass is 15.2. The largest absolute Gasteiger partial charge is 0.271 e. The number of nitrogens with two attached hydrogens (primary N) is 1. The Balaban J connectivity index is 2.13. The van der Waals surface area contributed by atoms with Crippen molar-refractivity contribution >= 4 is 0 Å². The van der Waals surface area contributed by atoms with Crippen LogP contribution in [0, 0.1) is 0 Å². The summed E-state index contributed by atoms with van der Waals surface area (Å²) < 4.78 is 0. The second kappa shape index (κ2) is 5.29. The van der Waals surface area contributed by atoms with Gasteiger partial charge in [-0.2, -0.15) is 0 Å². The Bertz CT molecular complexity index is 417. The Morgan fingerprint density at radius 3 is 2.81 bits per heavy atom. The monoisotopic (exact) mass is 215 g/mol. The number of pyridine rings is 1. The molecule has 0 amide bonds. The molecule has 0 aliphatic carbocycles. The molecule has 5 heteroatoms. The highest BCUT2D eigenvalue weighted by molar-refractivity contribution is 5.14. The quantitative estimate of drug-likeness (QED) is 0.577. The van der Waals surface area contributed by atoms with Gasteiger partial charge in [0, 0.05) is 18.6 Å². The van der Waals surface area contributed by atoms with E-state index < -0.39 is 0 Å². The van der Waals surface area contributed by atoms with Crippen LogP contribution in [-0.4, -0.2) is 15.0 Å². The molecule has 0 aliphatic rings. The molecule has 0 saturated heterocycles. The summed E-state index contributed by atoms with van der Waals surface area (Å²) in [6.07, 6.45) is 7.55. The topological polar surface area (TPSA) is 76.7 Å². The zero-order valence-electron chi connectivity index (χ0n) is 8.74. The van der Waals surface area contributed by atoms with E-state index in [0.29, 0.717) is 0 Å². The average Bonchev–Trinajstić information content (AvgIpc) is 2.38. The molecule has 2 aromatic heterocycles. The van der Waals surface area contributed by atoms with Gasteiger partial charge in [0.25, 0.3) is 0 Å². The van der Waals surface area contributed by atoms with E-state index >= 15 is 0 Å². The van der Waals surface area contributed by atoms with Gasteiger partial charge in [0.15, 0.2) is 0 Å². The van der Waals surface area contributed by atoms with Gasteiger partial charge in [0.1, 0.15) is 6.33 Å². The summed E-state index contributed by atoms with van der Waals surface area (Å²) in [5.41, 5.74) is 4.74. The molecule has 0 saturated carbocycles. The molecule has 0 spiro atoms. The van der Waals surface area contributed by atoms with E-state index in [2.05, 4.69) is 20.4 Å². The molecule has 16 heavy (non-hydrogen) atoms. The van der Waals surface area contributed by atoms with Gasteiger partial charge in [0.05, 0.1) is 11.7 Å². The number of nitrogens with zero attached hydrogens (tertiary/aromatic N) is 3. The molecule has 2 heterocycles. The van der Waals surface area contributed by atoms with Gasteiger partial charge in [-0.25, -0.2) is 9.97 Å². The molecule has 3 N–H and O–H groups in total. The summed E-state index contributed by atoms with van der Waals surface area (Å²) in [6.45, 7) is 0. The SMILES string of the molecule is NNC(Cc1cccnc1)c1ccncn1. The number of aromatic nitrogens is 3. The third-order valence-corrected chi connectivity index (χ3v) is 2.33. The van der Waals surface area contributed by atoms with E-state index in [1.165, 1.54) is 6.33 Å². The Morgan fingerprint density at radius 2 is 2.19 bits per heavy atom. The summed E-state index contributed by atoms with van der Waals surface area (Å²) >= 11 is 0. The molecule has 0 bridgehead atoms. The van der Waals surface area contributed by atoms with Crippen molar-refractivity contribution in [3.05, 3.63) is 54.4 Å². The van der Waals surface area contributed by atoms with Crippen LogP contribution in [0.4, 0.5) is 0 Å². The summed E-state index contributed by atoms with van der Waals surface area (Å²) in [4.78, 5) is 12.1. The van der Waals surface area contributed by atoms with E-state index in [4.69, 9.17) is 5.84 Å². The van der Waals surface area contributed by atoms with Crippen LogP contribution in [0.25, 0.3) is 0 Å². The van der Waals surface area contributed by atoms with Crippen LogP contribution in [0.5, 0.6) is 0 Å². The van der Waals surface area contributed by atoms with E-state index in [0.717, 1.165) is 17.7 Å². The van der Waals surface area contributed by atoms with Crippen molar-refractivity contribution in [2.24, 2.45) is 5.84 Å². The van der Waals surface area contributed by atoms with Gasteiger partial charge < -0.3 is 0 Å². The normalized spacial score (nSPS) is 12.3. The van der Waals surface area contributed by atoms with Gasteiger partial charge in [-0.3, -0.25) is 16.3 Å². The van der Waals surface area contributed by atoms with E-state index in [1.54, 1.807) is 12.4 Å². The van der Waals surface area contributed by atoms with E-state index in [-0.39, 0.29) is 6.04 Å². The van der Waals surface area contributed by atoms with Crippen LogP contribution >= 0.6 is 0 Å². The fraction of sp³-hybridized carbons (Fsp3) is 0.182. The molecule has 0 radical (unpaired) electrons. The van der Waals surface area contributed by atoms with Gasteiger partial charge in [0.2, 0.25) is 0 Å². The van der Waals surface area contributed by atoms with Crippen molar-refractivity contribution in [3.8, 4) is 0 Å². The van der Waals surface area contributed by atoms with E-state index in [1.807, 2.05) is 24.4 Å². The predicted octanol–water partition coefficient (Wildman–Crippen LogP) is 0.619. The molecule has 0 aliphatic heterocycles. The number of nitrogens with one attached hydrogen (secondary N) is 1. The summed E-state index contributed by atoms with van der Waals surface area (Å²) in [5, 5.41) is 0. The van der Waals surface area contributed by atoms with Crippen LogP contribution in [0.3, 0.4) is 0 Å². The van der Waals surface area contributed by atoms with Crippen LogP contribution in [0.15, 0.2) is 43.1 Å². The molecule has 2 rings (SSSR count).